The van der Waals surface area contributed by atoms with Crippen LogP contribution in [0.15, 0.2) is 25.0 Å². The highest BCUT2D eigenvalue weighted by molar-refractivity contribution is 5.51. The molecule has 0 aromatic heterocycles. The minimum atomic E-state index is -0.498. The van der Waals surface area contributed by atoms with Crippen LogP contribution in [0.2, 0.25) is 0 Å². The monoisotopic (exact) mass is 280 g/mol. The summed E-state index contributed by atoms with van der Waals surface area (Å²) in [6.07, 6.45) is 1.09. The molecule has 107 valence electrons. The van der Waals surface area contributed by atoms with Crippen LogP contribution in [0.5, 0.6) is 5.75 Å². The van der Waals surface area contributed by atoms with Crippen LogP contribution in [0.25, 0.3) is 0 Å². The molecule has 0 aliphatic heterocycles. The molecule has 0 spiro atoms. The van der Waals surface area contributed by atoms with Crippen molar-refractivity contribution >= 4 is 12.2 Å². The molecule has 0 N–H and O–H groups in total. The lowest BCUT2D eigenvalue weighted by Crippen LogP contribution is -2.07. The Morgan fingerprint density at radius 1 is 1.55 bits per heavy atom. The van der Waals surface area contributed by atoms with Crippen molar-refractivity contribution in [2.24, 2.45) is 0 Å². The predicted molar refractivity (Wildman–Crippen MR) is 69.8 cm³/mol. The summed E-state index contributed by atoms with van der Waals surface area (Å²) in [5.41, 5.74) is 0.839. The zero-order valence-electron chi connectivity index (χ0n) is 11.1. The fraction of sp³-hybridized carbons (Fsp3) is 0.308. The minimum Gasteiger partial charge on any atom is -0.457 e. The van der Waals surface area contributed by atoms with Gasteiger partial charge in [-0.1, -0.05) is 13.5 Å². The van der Waals surface area contributed by atoms with Crippen LogP contribution < -0.4 is 4.89 Å². The molecule has 7 heteroatoms. The first-order chi connectivity index (χ1) is 9.51. The number of benzene rings is 1. The van der Waals surface area contributed by atoms with Gasteiger partial charge in [0.2, 0.25) is 0 Å². The summed E-state index contributed by atoms with van der Waals surface area (Å²) in [4.78, 5) is 30.2. The zero-order valence-corrected chi connectivity index (χ0v) is 11.1. The number of nitro benzene ring substituents is 1. The number of carbonyl (C=O) groups excluding carboxylic acids is 1. The van der Waals surface area contributed by atoms with Gasteiger partial charge >= 0.3 is 6.47 Å². The largest absolute Gasteiger partial charge is 0.457 e. The van der Waals surface area contributed by atoms with E-state index in [9.17, 15) is 14.9 Å². The van der Waals surface area contributed by atoms with E-state index in [0.717, 1.165) is 6.26 Å². The first-order valence-corrected chi connectivity index (χ1v) is 5.73. The fourth-order valence-electron chi connectivity index (χ4n) is 1.67. The highest BCUT2D eigenvalue weighted by atomic mass is 17.2. The molecule has 7 nitrogen and oxygen atoms in total. The molecular weight excluding hydrogens is 266 g/mol. The second-order valence-corrected chi connectivity index (χ2v) is 4.08. The predicted octanol–water partition coefficient (Wildman–Crippen LogP) is 2.54. The van der Waals surface area contributed by atoms with Crippen LogP contribution in [0, 0.1) is 17.0 Å². The Labute approximate surface area is 115 Å². The SMILES string of the molecule is C=COOc1cc(C(C)CO[C]=O)c([N+](=O)[O-])cc1C. The van der Waals surface area contributed by atoms with Gasteiger partial charge in [0.25, 0.3) is 5.69 Å². The smallest absolute Gasteiger partial charge is 0.417 e. The molecule has 1 rings (SSSR count). The van der Waals surface area contributed by atoms with Crippen LogP contribution in [-0.4, -0.2) is 18.0 Å². The number of hydrogen-bond donors (Lipinski definition) is 0. The molecule has 0 fully saturated rings. The Balaban J connectivity index is 3.18. The summed E-state index contributed by atoms with van der Waals surface area (Å²) in [5.74, 6) is -0.0593. The van der Waals surface area contributed by atoms with Gasteiger partial charge in [0.05, 0.1) is 11.5 Å². The summed E-state index contributed by atoms with van der Waals surface area (Å²) in [7, 11) is 0. The number of nitrogens with zero attached hydrogens (tertiary/aromatic N) is 1. The van der Waals surface area contributed by atoms with Gasteiger partial charge in [-0.15, -0.1) is 0 Å². The molecular formula is C13H14NO6. The summed E-state index contributed by atoms with van der Waals surface area (Å²) >= 11 is 0. The molecule has 0 saturated heterocycles. The van der Waals surface area contributed by atoms with Crippen LogP contribution in [0.3, 0.4) is 0 Å². The molecule has 0 amide bonds. The normalized spacial score (nSPS) is 11.3. The minimum absolute atomic E-state index is 0.0187. The van der Waals surface area contributed by atoms with E-state index in [2.05, 4.69) is 16.2 Å². The summed E-state index contributed by atoms with van der Waals surface area (Å²) in [5, 5.41) is 11.1. The van der Waals surface area contributed by atoms with Crippen molar-refractivity contribution in [2.45, 2.75) is 19.8 Å². The van der Waals surface area contributed by atoms with Gasteiger partial charge < -0.3 is 4.74 Å². The molecule has 0 bridgehead atoms. The molecule has 0 aliphatic carbocycles. The standard InChI is InChI=1S/C13H14NO6/c1-4-19-20-13-6-11(10(3)7-18-8-15)12(14(16)17)5-9(13)2/h4-6,10H,1,7H2,2-3H3. The van der Waals surface area contributed by atoms with E-state index in [1.165, 1.54) is 18.6 Å². The lowest BCUT2D eigenvalue weighted by molar-refractivity contribution is -0.385. The van der Waals surface area contributed by atoms with E-state index in [-0.39, 0.29) is 18.2 Å². The van der Waals surface area contributed by atoms with Crippen molar-refractivity contribution in [1.82, 2.24) is 0 Å². The molecule has 1 aromatic carbocycles. The second kappa shape index (κ2) is 7.13. The van der Waals surface area contributed by atoms with Gasteiger partial charge in [0.15, 0.2) is 5.75 Å². The zero-order chi connectivity index (χ0) is 15.1. The van der Waals surface area contributed by atoms with Crippen LogP contribution in [0.1, 0.15) is 24.0 Å². The van der Waals surface area contributed by atoms with Crippen molar-refractivity contribution in [3.05, 3.63) is 46.2 Å². The maximum Gasteiger partial charge on any atom is 0.417 e. The van der Waals surface area contributed by atoms with Crippen molar-refractivity contribution in [2.75, 3.05) is 6.61 Å². The van der Waals surface area contributed by atoms with Gasteiger partial charge in [-0.2, -0.15) is 0 Å². The first kappa shape index (κ1) is 15.5. The number of ether oxygens (including phenoxy) is 1. The maximum absolute atomic E-state index is 11.1. The van der Waals surface area contributed by atoms with Gasteiger partial charge in [0, 0.05) is 23.1 Å². The Morgan fingerprint density at radius 2 is 2.25 bits per heavy atom. The summed E-state index contributed by atoms with van der Waals surface area (Å²) in [6, 6.07) is 2.86. The Kier molecular flexibility index (Phi) is 5.52. The lowest BCUT2D eigenvalue weighted by atomic mass is 9.98. The molecule has 1 radical (unpaired) electrons. The Bertz CT molecular complexity index is 514. The van der Waals surface area contributed by atoms with Gasteiger partial charge in [-0.25, -0.2) is 4.79 Å². The summed E-state index contributed by atoms with van der Waals surface area (Å²) in [6.45, 7) is 7.94. The van der Waals surface area contributed by atoms with E-state index in [1.54, 1.807) is 13.8 Å². The second-order valence-electron chi connectivity index (χ2n) is 4.08. The van der Waals surface area contributed by atoms with Gasteiger partial charge in [-0.05, 0) is 13.0 Å². The molecule has 1 unspecified atom stereocenters. The summed E-state index contributed by atoms with van der Waals surface area (Å²) < 4.78 is 4.52. The number of aryl methyl sites for hydroxylation is 1. The Morgan fingerprint density at radius 3 is 2.80 bits per heavy atom. The van der Waals surface area contributed by atoms with Crippen molar-refractivity contribution in [3.63, 3.8) is 0 Å². The molecule has 1 atom stereocenters. The van der Waals surface area contributed by atoms with E-state index < -0.39 is 4.92 Å². The quantitative estimate of drug-likeness (QED) is 0.315. The third kappa shape index (κ3) is 3.71. The van der Waals surface area contributed by atoms with E-state index in [4.69, 9.17) is 4.89 Å². The number of hydrogen-bond acceptors (Lipinski definition) is 6. The molecule has 0 aliphatic rings. The average molecular weight is 280 g/mol. The van der Waals surface area contributed by atoms with Crippen molar-refractivity contribution in [3.8, 4) is 5.75 Å². The topological polar surface area (TPSA) is 87.9 Å². The van der Waals surface area contributed by atoms with E-state index >= 15 is 0 Å². The molecule has 0 saturated carbocycles. The molecule has 1 aromatic rings. The lowest BCUT2D eigenvalue weighted by Gasteiger charge is -2.13. The van der Waals surface area contributed by atoms with Crippen LogP contribution in [0.4, 0.5) is 5.69 Å². The van der Waals surface area contributed by atoms with Gasteiger partial charge in [-0.3, -0.25) is 19.9 Å². The third-order valence-corrected chi connectivity index (χ3v) is 2.65. The van der Waals surface area contributed by atoms with E-state index in [1.807, 2.05) is 0 Å². The number of nitro groups is 1. The fourth-order valence-corrected chi connectivity index (χ4v) is 1.67. The van der Waals surface area contributed by atoms with Crippen molar-refractivity contribution in [1.29, 1.82) is 0 Å². The Hall–Kier alpha value is -2.57. The highest BCUT2D eigenvalue weighted by Gasteiger charge is 2.22. The average Bonchev–Trinajstić information content (AvgIpc) is 2.42. The van der Waals surface area contributed by atoms with Crippen molar-refractivity contribution < 1.29 is 24.2 Å². The maximum atomic E-state index is 11.1. The third-order valence-electron chi connectivity index (χ3n) is 2.65. The van der Waals surface area contributed by atoms with E-state index in [0.29, 0.717) is 16.9 Å². The highest BCUT2D eigenvalue weighted by Crippen LogP contribution is 2.33. The van der Waals surface area contributed by atoms with Gasteiger partial charge in [0.1, 0.15) is 6.26 Å². The number of rotatable bonds is 8. The van der Waals surface area contributed by atoms with Crippen LogP contribution >= 0.6 is 0 Å². The first-order valence-electron chi connectivity index (χ1n) is 5.73. The van der Waals surface area contributed by atoms with Crippen LogP contribution in [-0.2, 0) is 14.4 Å². The molecule has 0 heterocycles. The molecule has 20 heavy (non-hydrogen) atoms.